The largest absolute Gasteiger partial charge is 0.391 e. The highest BCUT2D eigenvalue weighted by atomic mass is 16.6. The molecule has 1 aliphatic rings. The Morgan fingerprint density at radius 1 is 1.26 bits per heavy atom. The summed E-state index contributed by atoms with van der Waals surface area (Å²) in [4.78, 5) is 32.8. The van der Waals surface area contributed by atoms with Gasteiger partial charge in [-0.15, -0.1) is 0 Å². The fraction of sp³-hybridized carbons (Fsp3) is 0.421. The summed E-state index contributed by atoms with van der Waals surface area (Å²) in [6.07, 6.45) is 0.459. The molecule has 2 heterocycles. The van der Waals surface area contributed by atoms with E-state index in [0.717, 1.165) is 16.8 Å². The van der Waals surface area contributed by atoms with E-state index in [2.05, 4.69) is 20.6 Å². The van der Waals surface area contributed by atoms with Crippen LogP contribution in [0.2, 0.25) is 0 Å². The Morgan fingerprint density at radius 2 is 1.96 bits per heavy atom. The first-order valence-corrected chi connectivity index (χ1v) is 8.83. The summed E-state index contributed by atoms with van der Waals surface area (Å²) < 4.78 is 4.99. The van der Waals surface area contributed by atoms with Gasteiger partial charge < -0.3 is 14.7 Å². The molecule has 0 aliphatic carbocycles. The van der Waals surface area contributed by atoms with E-state index in [9.17, 15) is 9.59 Å². The van der Waals surface area contributed by atoms with Crippen molar-refractivity contribution >= 4 is 17.4 Å². The maximum Gasteiger partial charge on any atom is 0.223 e. The first-order valence-electron chi connectivity index (χ1n) is 8.83. The second-order valence-electron chi connectivity index (χ2n) is 6.70. The minimum atomic E-state index is -0.299. The predicted octanol–water partition coefficient (Wildman–Crippen LogP) is 2.27. The van der Waals surface area contributed by atoms with E-state index in [-0.39, 0.29) is 30.1 Å². The van der Waals surface area contributed by atoms with Crippen LogP contribution in [0.15, 0.2) is 33.9 Å². The number of oxime groups is 1. The van der Waals surface area contributed by atoms with E-state index in [1.54, 1.807) is 13.8 Å². The third-order valence-corrected chi connectivity index (χ3v) is 4.45. The summed E-state index contributed by atoms with van der Waals surface area (Å²) in [7, 11) is 0. The summed E-state index contributed by atoms with van der Waals surface area (Å²) in [5.74, 6) is 0.774. The molecule has 142 valence electrons. The molecule has 8 nitrogen and oxygen atoms in total. The van der Waals surface area contributed by atoms with Gasteiger partial charge in [0.15, 0.2) is 0 Å². The third-order valence-electron chi connectivity index (χ3n) is 4.45. The van der Waals surface area contributed by atoms with E-state index in [0.29, 0.717) is 24.7 Å². The van der Waals surface area contributed by atoms with Crippen LogP contribution in [-0.4, -0.2) is 40.2 Å². The fourth-order valence-corrected chi connectivity index (χ4v) is 2.63. The Hall–Kier alpha value is -3.03. The topological polar surface area (TPSA) is 107 Å². The molecule has 2 atom stereocenters. The van der Waals surface area contributed by atoms with Crippen LogP contribution >= 0.6 is 0 Å². The quantitative estimate of drug-likeness (QED) is 0.801. The molecule has 1 aromatic heterocycles. The van der Waals surface area contributed by atoms with E-state index in [4.69, 9.17) is 9.36 Å². The van der Waals surface area contributed by atoms with Crippen molar-refractivity contribution in [3.05, 3.63) is 35.7 Å². The van der Waals surface area contributed by atoms with Crippen LogP contribution < -0.4 is 5.32 Å². The Kier molecular flexibility index (Phi) is 5.63. The van der Waals surface area contributed by atoms with Gasteiger partial charge in [0.25, 0.3) is 0 Å². The number of aryl methyl sites for hydroxylation is 1. The van der Waals surface area contributed by atoms with Crippen LogP contribution in [0.1, 0.15) is 38.1 Å². The Labute approximate surface area is 157 Å². The van der Waals surface area contributed by atoms with Crippen molar-refractivity contribution in [2.45, 2.75) is 39.7 Å². The molecule has 2 aromatic rings. The Balaban J connectivity index is 1.51. The molecule has 0 saturated carbocycles. The molecule has 0 bridgehead atoms. The predicted molar refractivity (Wildman–Crippen MR) is 98.0 cm³/mol. The average molecular weight is 370 g/mol. The van der Waals surface area contributed by atoms with Gasteiger partial charge >= 0.3 is 0 Å². The number of nitrogens with zero attached hydrogens (tertiary/aromatic N) is 3. The van der Waals surface area contributed by atoms with Crippen LogP contribution in [0.25, 0.3) is 11.4 Å². The van der Waals surface area contributed by atoms with Gasteiger partial charge in [-0.25, -0.2) is 0 Å². The fourth-order valence-electron chi connectivity index (χ4n) is 2.63. The van der Waals surface area contributed by atoms with Crippen molar-refractivity contribution in [1.29, 1.82) is 0 Å². The molecule has 0 fully saturated rings. The Morgan fingerprint density at radius 3 is 2.59 bits per heavy atom. The van der Waals surface area contributed by atoms with Crippen LogP contribution in [-0.2, 0) is 14.4 Å². The second kappa shape index (κ2) is 8.11. The van der Waals surface area contributed by atoms with Crippen LogP contribution in [0.4, 0.5) is 0 Å². The maximum absolute atomic E-state index is 12.0. The first kappa shape index (κ1) is 18.8. The third kappa shape index (κ3) is 4.78. The molecule has 1 aromatic carbocycles. The van der Waals surface area contributed by atoms with Gasteiger partial charge in [-0.2, -0.15) is 4.98 Å². The number of hydrogen-bond acceptors (Lipinski definition) is 7. The van der Waals surface area contributed by atoms with Gasteiger partial charge in [0.05, 0.1) is 12.1 Å². The van der Waals surface area contributed by atoms with Crippen molar-refractivity contribution < 1.29 is 18.9 Å². The number of rotatable bonds is 7. The number of Topliss-reactive ketones (excluding diaryl/α,β-unsaturated/α-hetero) is 1. The monoisotopic (exact) mass is 370 g/mol. The van der Waals surface area contributed by atoms with Gasteiger partial charge in [0.1, 0.15) is 11.9 Å². The summed E-state index contributed by atoms with van der Waals surface area (Å²) in [5.41, 5.74) is 2.57. The number of aromatic nitrogens is 2. The minimum absolute atomic E-state index is 0.0532. The van der Waals surface area contributed by atoms with Crippen molar-refractivity contribution in [1.82, 2.24) is 15.5 Å². The van der Waals surface area contributed by atoms with Gasteiger partial charge in [0.2, 0.25) is 17.6 Å². The molecule has 0 radical (unpaired) electrons. The Bertz CT molecular complexity index is 857. The molecule has 2 unspecified atom stereocenters. The lowest BCUT2D eigenvalue weighted by molar-refractivity contribution is -0.124. The minimum Gasteiger partial charge on any atom is -0.391 e. The maximum atomic E-state index is 12.0. The van der Waals surface area contributed by atoms with Crippen LogP contribution in [0.3, 0.4) is 0 Å². The lowest BCUT2D eigenvalue weighted by Crippen LogP contribution is -2.33. The lowest BCUT2D eigenvalue weighted by atomic mass is 10.0. The van der Waals surface area contributed by atoms with Gasteiger partial charge in [-0.05, 0) is 12.5 Å². The van der Waals surface area contributed by atoms with E-state index in [1.807, 2.05) is 24.3 Å². The van der Waals surface area contributed by atoms with E-state index < -0.39 is 0 Å². The van der Waals surface area contributed by atoms with Crippen molar-refractivity contribution in [3.8, 4) is 11.4 Å². The van der Waals surface area contributed by atoms with Crippen molar-refractivity contribution in [3.63, 3.8) is 0 Å². The van der Waals surface area contributed by atoms with Gasteiger partial charge in [-0.3, -0.25) is 9.59 Å². The first-order chi connectivity index (χ1) is 12.9. The molecule has 1 aliphatic heterocycles. The highest BCUT2D eigenvalue weighted by Gasteiger charge is 2.25. The SMILES string of the molecule is CC(=O)C(C)CNC(=O)CC1CC(c2ccc(-c3noc(C)n3)cc2)=NO1. The van der Waals surface area contributed by atoms with E-state index in [1.165, 1.54) is 6.92 Å². The molecule has 0 spiro atoms. The zero-order valence-electron chi connectivity index (χ0n) is 15.6. The zero-order valence-corrected chi connectivity index (χ0v) is 15.6. The number of carbonyl (C=O) groups excluding carboxylic acids is 2. The number of ketones is 1. The standard InChI is InChI=1S/C19H22N4O4/c1-11(12(2)24)10-20-18(25)9-16-8-17(22-27-16)14-4-6-15(7-5-14)19-21-13(3)26-23-19/h4-7,11,16H,8-10H2,1-3H3,(H,20,25). The average Bonchev–Trinajstić information content (AvgIpc) is 3.29. The molecular formula is C19H22N4O4. The molecular weight excluding hydrogens is 348 g/mol. The van der Waals surface area contributed by atoms with Gasteiger partial charge in [0, 0.05) is 31.4 Å². The summed E-state index contributed by atoms with van der Waals surface area (Å²) >= 11 is 0. The van der Waals surface area contributed by atoms with Crippen LogP contribution in [0, 0.1) is 12.8 Å². The van der Waals surface area contributed by atoms with Crippen molar-refractivity contribution in [2.24, 2.45) is 11.1 Å². The second-order valence-corrected chi connectivity index (χ2v) is 6.70. The number of hydrogen-bond donors (Lipinski definition) is 1. The number of amides is 1. The molecule has 8 heteroatoms. The summed E-state index contributed by atoms with van der Waals surface area (Å²) in [6, 6.07) is 7.62. The zero-order chi connectivity index (χ0) is 19.4. The molecule has 1 amide bonds. The van der Waals surface area contributed by atoms with Crippen LogP contribution in [0.5, 0.6) is 0 Å². The summed E-state index contributed by atoms with van der Waals surface area (Å²) in [5, 5.41) is 10.8. The summed E-state index contributed by atoms with van der Waals surface area (Å²) in [6.45, 7) is 5.38. The van der Waals surface area contributed by atoms with Crippen molar-refractivity contribution in [2.75, 3.05) is 6.54 Å². The van der Waals surface area contributed by atoms with Gasteiger partial charge in [-0.1, -0.05) is 41.5 Å². The number of benzene rings is 1. The molecule has 0 saturated heterocycles. The molecule has 3 rings (SSSR count). The normalized spacial score (nSPS) is 17.1. The smallest absolute Gasteiger partial charge is 0.223 e. The highest BCUT2D eigenvalue weighted by molar-refractivity contribution is 6.01. The number of carbonyl (C=O) groups is 2. The molecule has 1 N–H and O–H groups in total. The number of nitrogens with one attached hydrogen (secondary N) is 1. The molecule has 27 heavy (non-hydrogen) atoms. The highest BCUT2D eigenvalue weighted by Crippen LogP contribution is 2.22. The van der Waals surface area contributed by atoms with E-state index >= 15 is 0 Å². The lowest BCUT2D eigenvalue weighted by Gasteiger charge is -2.11.